The zero-order chi connectivity index (χ0) is 11.4. The number of hydrogen-bond donors (Lipinski definition) is 0. The van der Waals surface area contributed by atoms with Gasteiger partial charge >= 0.3 is 5.97 Å². The molecule has 0 amide bonds. The molecule has 2 rings (SSSR count). The predicted octanol–water partition coefficient (Wildman–Crippen LogP) is 2.28. The number of hydrogen-bond acceptors (Lipinski definition) is 3. The maximum atomic E-state index is 11.4. The van der Waals surface area contributed by atoms with Crippen LogP contribution >= 0.6 is 0 Å². The average molecular weight is 218 g/mol. The molecular formula is C13H14O3. The Balaban J connectivity index is 2.28. The molecule has 3 heteroatoms. The summed E-state index contributed by atoms with van der Waals surface area (Å²) in [4.78, 5) is 11.4. The van der Waals surface area contributed by atoms with E-state index in [1.165, 1.54) is 12.7 Å². The van der Waals surface area contributed by atoms with Crippen LogP contribution in [0.4, 0.5) is 0 Å². The lowest BCUT2D eigenvalue weighted by molar-refractivity contribution is 0.0600. The van der Waals surface area contributed by atoms with Gasteiger partial charge in [-0.05, 0) is 29.7 Å². The molecule has 16 heavy (non-hydrogen) atoms. The molecule has 1 heterocycles. The molecule has 0 spiro atoms. The van der Waals surface area contributed by atoms with Gasteiger partial charge in [-0.2, -0.15) is 0 Å². The fraction of sp³-hybridized carbons (Fsp3) is 0.308. The van der Waals surface area contributed by atoms with E-state index in [4.69, 9.17) is 9.47 Å². The monoisotopic (exact) mass is 218 g/mol. The summed E-state index contributed by atoms with van der Waals surface area (Å²) in [5.41, 5.74) is 2.90. The normalized spacial score (nSPS) is 15.4. The van der Waals surface area contributed by atoms with Gasteiger partial charge in [0, 0.05) is 0 Å². The minimum absolute atomic E-state index is 0.297. The Morgan fingerprint density at radius 1 is 1.44 bits per heavy atom. The van der Waals surface area contributed by atoms with Crippen molar-refractivity contribution in [2.45, 2.75) is 6.42 Å². The fourth-order valence-corrected chi connectivity index (χ4v) is 1.75. The first kappa shape index (κ1) is 10.9. The van der Waals surface area contributed by atoms with Gasteiger partial charge in [-0.15, -0.1) is 0 Å². The summed E-state index contributed by atoms with van der Waals surface area (Å²) in [6, 6.07) is 7.50. The second-order valence-corrected chi connectivity index (χ2v) is 3.63. The molecule has 3 nitrogen and oxygen atoms in total. The van der Waals surface area contributed by atoms with Crippen LogP contribution in [0.15, 0.2) is 30.3 Å². The van der Waals surface area contributed by atoms with Gasteiger partial charge in [0.05, 0.1) is 25.9 Å². The summed E-state index contributed by atoms with van der Waals surface area (Å²) in [6.45, 7) is 1.39. The Bertz CT molecular complexity index is 421. The fourth-order valence-electron chi connectivity index (χ4n) is 1.75. The van der Waals surface area contributed by atoms with Gasteiger partial charge in [-0.25, -0.2) is 4.79 Å². The first-order valence-corrected chi connectivity index (χ1v) is 5.27. The van der Waals surface area contributed by atoms with Crippen molar-refractivity contribution in [2.75, 3.05) is 20.3 Å². The highest BCUT2D eigenvalue weighted by molar-refractivity contribution is 5.90. The van der Waals surface area contributed by atoms with Crippen LogP contribution in [0.1, 0.15) is 22.3 Å². The molecule has 0 bridgehead atoms. The van der Waals surface area contributed by atoms with Crippen molar-refractivity contribution in [3.63, 3.8) is 0 Å². The largest absolute Gasteiger partial charge is 0.465 e. The zero-order valence-electron chi connectivity index (χ0n) is 9.23. The Labute approximate surface area is 94.7 Å². The number of esters is 1. The molecule has 0 radical (unpaired) electrons. The van der Waals surface area contributed by atoms with Crippen LogP contribution in [0.5, 0.6) is 0 Å². The van der Waals surface area contributed by atoms with Crippen LogP contribution in [0.2, 0.25) is 0 Å². The third kappa shape index (κ3) is 2.31. The summed E-state index contributed by atoms with van der Waals surface area (Å²) in [5.74, 6) is -0.297. The SMILES string of the molecule is COC(=O)c1cccc(C2=CCOCC2)c1. The second kappa shape index (κ2) is 4.94. The van der Waals surface area contributed by atoms with Crippen LogP contribution in [-0.2, 0) is 9.47 Å². The lowest BCUT2D eigenvalue weighted by Crippen LogP contribution is -2.05. The highest BCUT2D eigenvalue weighted by Crippen LogP contribution is 2.22. The minimum Gasteiger partial charge on any atom is -0.465 e. The molecule has 1 aromatic carbocycles. The number of carbonyl (C=O) groups excluding carboxylic acids is 1. The number of ether oxygens (including phenoxy) is 2. The molecule has 0 unspecified atom stereocenters. The van der Waals surface area contributed by atoms with E-state index < -0.39 is 0 Å². The van der Waals surface area contributed by atoms with Gasteiger partial charge in [0.25, 0.3) is 0 Å². The van der Waals surface area contributed by atoms with Gasteiger partial charge in [-0.3, -0.25) is 0 Å². The van der Waals surface area contributed by atoms with Crippen molar-refractivity contribution < 1.29 is 14.3 Å². The quantitative estimate of drug-likeness (QED) is 0.714. The van der Waals surface area contributed by atoms with E-state index >= 15 is 0 Å². The van der Waals surface area contributed by atoms with Crippen LogP contribution in [0.25, 0.3) is 5.57 Å². The summed E-state index contributed by atoms with van der Waals surface area (Å²) < 4.78 is 9.95. The molecule has 0 saturated heterocycles. The van der Waals surface area contributed by atoms with Crippen molar-refractivity contribution >= 4 is 11.5 Å². The van der Waals surface area contributed by atoms with E-state index in [1.54, 1.807) is 6.07 Å². The lowest BCUT2D eigenvalue weighted by Gasteiger charge is -2.14. The molecule has 0 aromatic heterocycles. The van der Waals surface area contributed by atoms with E-state index in [-0.39, 0.29) is 5.97 Å². The van der Waals surface area contributed by atoms with Gasteiger partial charge in [0.15, 0.2) is 0 Å². The summed E-state index contributed by atoms with van der Waals surface area (Å²) in [5, 5.41) is 0. The molecular weight excluding hydrogens is 204 g/mol. The first-order chi connectivity index (χ1) is 7.81. The Morgan fingerprint density at radius 3 is 3.00 bits per heavy atom. The van der Waals surface area contributed by atoms with Crippen LogP contribution in [0, 0.1) is 0 Å². The first-order valence-electron chi connectivity index (χ1n) is 5.27. The molecule has 1 aliphatic rings. The number of benzene rings is 1. The number of rotatable bonds is 2. The molecule has 0 N–H and O–H groups in total. The summed E-state index contributed by atoms with van der Waals surface area (Å²) in [7, 11) is 1.39. The van der Waals surface area contributed by atoms with Gasteiger partial charge in [-0.1, -0.05) is 18.2 Å². The Kier molecular flexibility index (Phi) is 3.37. The molecule has 0 aliphatic carbocycles. The minimum atomic E-state index is -0.297. The maximum Gasteiger partial charge on any atom is 0.337 e. The predicted molar refractivity (Wildman–Crippen MR) is 61.2 cm³/mol. The lowest BCUT2D eigenvalue weighted by atomic mass is 10.00. The van der Waals surface area contributed by atoms with E-state index in [0.29, 0.717) is 12.2 Å². The van der Waals surface area contributed by atoms with E-state index in [9.17, 15) is 4.79 Å². The summed E-state index contributed by atoms with van der Waals surface area (Å²) in [6.07, 6.45) is 2.95. The zero-order valence-corrected chi connectivity index (χ0v) is 9.23. The van der Waals surface area contributed by atoms with Crippen molar-refractivity contribution in [1.29, 1.82) is 0 Å². The van der Waals surface area contributed by atoms with Crippen molar-refractivity contribution in [3.05, 3.63) is 41.5 Å². The molecule has 84 valence electrons. The van der Waals surface area contributed by atoms with E-state index in [1.807, 2.05) is 18.2 Å². The van der Waals surface area contributed by atoms with E-state index in [0.717, 1.165) is 18.6 Å². The molecule has 1 aliphatic heterocycles. The molecule has 0 saturated carbocycles. The Morgan fingerprint density at radius 2 is 2.31 bits per heavy atom. The molecule has 0 atom stereocenters. The van der Waals surface area contributed by atoms with Crippen molar-refractivity contribution in [3.8, 4) is 0 Å². The average Bonchev–Trinajstić information content (AvgIpc) is 2.39. The second-order valence-electron chi connectivity index (χ2n) is 3.63. The van der Waals surface area contributed by atoms with Gasteiger partial charge < -0.3 is 9.47 Å². The topological polar surface area (TPSA) is 35.5 Å². The number of carbonyl (C=O) groups is 1. The van der Waals surface area contributed by atoms with Gasteiger partial charge in [0.2, 0.25) is 0 Å². The maximum absolute atomic E-state index is 11.4. The third-order valence-electron chi connectivity index (χ3n) is 2.62. The summed E-state index contributed by atoms with van der Waals surface area (Å²) >= 11 is 0. The van der Waals surface area contributed by atoms with E-state index in [2.05, 4.69) is 6.08 Å². The highest BCUT2D eigenvalue weighted by Gasteiger charge is 2.10. The van der Waals surface area contributed by atoms with Crippen LogP contribution in [-0.4, -0.2) is 26.3 Å². The Hall–Kier alpha value is -1.61. The number of methoxy groups -OCH3 is 1. The van der Waals surface area contributed by atoms with Crippen molar-refractivity contribution in [2.24, 2.45) is 0 Å². The van der Waals surface area contributed by atoms with Crippen LogP contribution in [0.3, 0.4) is 0 Å². The van der Waals surface area contributed by atoms with Crippen LogP contribution < -0.4 is 0 Å². The smallest absolute Gasteiger partial charge is 0.337 e. The van der Waals surface area contributed by atoms with Crippen molar-refractivity contribution in [1.82, 2.24) is 0 Å². The highest BCUT2D eigenvalue weighted by atomic mass is 16.5. The molecule has 0 fully saturated rings. The third-order valence-corrected chi connectivity index (χ3v) is 2.62. The standard InChI is InChI=1S/C13H14O3/c1-15-13(14)12-4-2-3-11(9-12)10-5-7-16-8-6-10/h2-5,9H,6-8H2,1H3. The van der Waals surface area contributed by atoms with Gasteiger partial charge in [0.1, 0.15) is 0 Å². The molecule has 1 aromatic rings.